The Bertz CT molecular complexity index is 1250. The highest BCUT2D eigenvalue weighted by molar-refractivity contribution is 5.97. The van der Waals surface area contributed by atoms with Crippen LogP contribution in [0.5, 0.6) is 0 Å². The largest absolute Gasteiger partial charge is 0.345 e. The molecular weight excluding hydrogens is 376 g/mol. The molecular formula is C29H36N2. The third-order valence-electron chi connectivity index (χ3n) is 7.46. The van der Waals surface area contributed by atoms with Crippen LogP contribution in [0, 0.1) is 6.92 Å². The average molecular weight is 413 g/mol. The van der Waals surface area contributed by atoms with Crippen LogP contribution in [0.1, 0.15) is 69.0 Å². The summed E-state index contributed by atoms with van der Waals surface area (Å²) in [7, 11) is 0. The maximum atomic E-state index is 2.61. The predicted octanol–water partition coefficient (Wildman–Crippen LogP) is 7.83. The van der Waals surface area contributed by atoms with Gasteiger partial charge < -0.3 is 9.13 Å². The van der Waals surface area contributed by atoms with Gasteiger partial charge in [-0.3, -0.25) is 0 Å². The van der Waals surface area contributed by atoms with E-state index in [0.29, 0.717) is 0 Å². The number of aromatic nitrogens is 2. The van der Waals surface area contributed by atoms with E-state index in [9.17, 15) is 0 Å². The Morgan fingerprint density at radius 2 is 1.32 bits per heavy atom. The molecule has 0 spiro atoms. The molecule has 0 saturated heterocycles. The van der Waals surface area contributed by atoms with Crippen molar-refractivity contribution in [3.05, 3.63) is 58.9 Å². The maximum Gasteiger partial charge on any atom is 0.0521 e. The summed E-state index contributed by atoms with van der Waals surface area (Å²) in [5.41, 5.74) is 11.9. The van der Waals surface area contributed by atoms with E-state index >= 15 is 0 Å². The number of unbranched alkanes of at least 4 members (excludes halogenated alkanes) is 3. The molecule has 0 radical (unpaired) electrons. The van der Waals surface area contributed by atoms with Crippen molar-refractivity contribution in [1.82, 2.24) is 9.13 Å². The van der Waals surface area contributed by atoms with Crippen molar-refractivity contribution < 1.29 is 0 Å². The highest BCUT2D eigenvalue weighted by Gasteiger charge is 2.24. The average Bonchev–Trinajstić information content (AvgIpc) is 3.32. The molecule has 4 aromatic rings. The molecule has 0 N–H and O–H groups in total. The first kappa shape index (κ1) is 20.4. The van der Waals surface area contributed by atoms with Crippen LogP contribution in [0.25, 0.3) is 32.9 Å². The molecule has 0 amide bonds. The number of rotatable bonds is 7. The second kappa shape index (κ2) is 8.22. The van der Waals surface area contributed by atoms with Crippen LogP contribution in [0.3, 0.4) is 0 Å². The van der Waals surface area contributed by atoms with Gasteiger partial charge in [0.15, 0.2) is 0 Å². The smallest absolute Gasteiger partial charge is 0.0521 e. The Labute approximate surface area is 186 Å². The lowest BCUT2D eigenvalue weighted by Gasteiger charge is -2.24. The zero-order valence-corrected chi connectivity index (χ0v) is 19.7. The first-order chi connectivity index (χ1) is 15.2. The van der Waals surface area contributed by atoms with E-state index in [1.165, 1.54) is 76.4 Å². The number of aryl methyl sites for hydroxylation is 6. The Kier molecular flexibility index (Phi) is 5.42. The third kappa shape index (κ3) is 3.23. The van der Waals surface area contributed by atoms with E-state index in [0.717, 1.165) is 25.9 Å². The van der Waals surface area contributed by atoms with Crippen LogP contribution < -0.4 is 0 Å². The van der Waals surface area contributed by atoms with Crippen molar-refractivity contribution in [2.75, 3.05) is 0 Å². The van der Waals surface area contributed by atoms with E-state index in [1.54, 1.807) is 11.1 Å². The first-order valence-electron chi connectivity index (χ1n) is 12.4. The Morgan fingerprint density at radius 1 is 0.710 bits per heavy atom. The fourth-order valence-corrected chi connectivity index (χ4v) is 6.03. The molecule has 0 aliphatic heterocycles. The molecule has 162 valence electrons. The predicted molar refractivity (Wildman–Crippen MR) is 134 cm³/mol. The number of benzene rings is 2. The lowest BCUT2D eigenvalue weighted by Crippen LogP contribution is -2.10. The van der Waals surface area contributed by atoms with Crippen LogP contribution in [-0.2, 0) is 32.4 Å². The summed E-state index contributed by atoms with van der Waals surface area (Å²) >= 11 is 0. The van der Waals surface area contributed by atoms with Gasteiger partial charge in [-0.05, 0) is 80.8 Å². The minimum absolute atomic E-state index is 1.04. The van der Waals surface area contributed by atoms with Gasteiger partial charge in [0.25, 0.3) is 0 Å². The van der Waals surface area contributed by atoms with Gasteiger partial charge in [-0.25, -0.2) is 0 Å². The molecule has 31 heavy (non-hydrogen) atoms. The lowest BCUT2D eigenvalue weighted by molar-refractivity contribution is 0.637. The van der Waals surface area contributed by atoms with Gasteiger partial charge in [-0.15, -0.1) is 0 Å². The van der Waals surface area contributed by atoms with Crippen LogP contribution in [0.15, 0.2) is 36.4 Å². The zero-order valence-electron chi connectivity index (χ0n) is 19.7. The van der Waals surface area contributed by atoms with Crippen LogP contribution in [-0.4, -0.2) is 9.13 Å². The van der Waals surface area contributed by atoms with Gasteiger partial charge in [0, 0.05) is 35.2 Å². The van der Waals surface area contributed by atoms with E-state index in [2.05, 4.69) is 73.2 Å². The van der Waals surface area contributed by atoms with Crippen molar-refractivity contribution in [1.29, 1.82) is 0 Å². The molecule has 0 fully saturated rings. The summed E-state index contributed by atoms with van der Waals surface area (Å²) < 4.78 is 5.11. The first-order valence-corrected chi connectivity index (χ1v) is 12.4. The van der Waals surface area contributed by atoms with Crippen LogP contribution >= 0.6 is 0 Å². The second-order valence-corrected chi connectivity index (χ2v) is 9.28. The number of nitrogens with zero attached hydrogens (tertiary/aromatic N) is 2. The van der Waals surface area contributed by atoms with Gasteiger partial charge >= 0.3 is 0 Å². The Balaban J connectivity index is 1.65. The molecule has 0 unspecified atom stereocenters. The highest BCUT2D eigenvalue weighted by Crippen LogP contribution is 2.42. The summed E-state index contributed by atoms with van der Waals surface area (Å²) in [6.07, 6.45) is 8.80. The molecule has 2 heteroatoms. The number of hydrogen-bond donors (Lipinski definition) is 0. The second-order valence-electron chi connectivity index (χ2n) is 9.28. The minimum atomic E-state index is 1.04. The summed E-state index contributed by atoms with van der Waals surface area (Å²) in [5, 5.41) is 2.83. The monoisotopic (exact) mass is 412 g/mol. The summed E-state index contributed by atoms with van der Waals surface area (Å²) in [6.45, 7) is 11.2. The van der Waals surface area contributed by atoms with Crippen molar-refractivity contribution in [3.8, 4) is 11.1 Å². The van der Waals surface area contributed by atoms with E-state index in [4.69, 9.17) is 0 Å². The standard InChI is InChI=1S/C29H36N2/c1-5-8-9-10-11-23-19-22-13-15-25-24-14-12-21-18-20(4)30(6-2)28(21)26(24)16-17-27(25)29(22)31(23)7-3/h12-15,18-19H,5-11,16-17H2,1-4H3. The van der Waals surface area contributed by atoms with Gasteiger partial charge in [0.1, 0.15) is 0 Å². The molecule has 5 rings (SSSR count). The maximum absolute atomic E-state index is 2.61. The van der Waals surface area contributed by atoms with Gasteiger partial charge in [-0.1, -0.05) is 50.5 Å². The van der Waals surface area contributed by atoms with E-state index < -0.39 is 0 Å². The van der Waals surface area contributed by atoms with Gasteiger partial charge in [-0.2, -0.15) is 0 Å². The Hall–Kier alpha value is -2.48. The molecule has 0 bridgehead atoms. The quantitative estimate of drug-likeness (QED) is 0.274. The molecule has 1 aliphatic rings. The van der Waals surface area contributed by atoms with Crippen molar-refractivity contribution in [2.24, 2.45) is 0 Å². The SMILES string of the molecule is CCCCCCc1cc2ccc3c(c2n1CC)CCc1c-3ccc2cc(C)n(CC)c12. The van der Waals surface area contributed by atoms with E-state index in [1.807, 2.05) is 0 Å². The lowest BCUT2D eigenvalue weighted by atomic mass is 9.83. The van der Waals surface area contributed by atoms with Crippen LogP contribution in [0.2, 0.25) is 0 Å². The number of hydrogen-bond acceptors (Lipinski definition) is 0. The molecule has 0 saturated carbocycles. The van der Waals surface area contributed by atoms with Crippen molar-refractivity contribution in [2.45, 2.75) is 85.7 Å². The highest BCUT2D eigenvalue weighted by atomic mass is 15.0. The fraction of sp³-hybridized carbons (Fsp3) is 0.448. The Morgan fingerprint density at radius 3 is 1.94 bits per heavy atom. The summed E-state index contributed by atoms with van der Waals surface area (Å²) in [4.78, 5) is 0. The van der Waals surface area contributed by atoms with E-state index in [-0.39, 0.29) is 0 Å². The zero-order chi connectivity index (χ0) is 21.5. The fourth-order valence-electron chi connectivity index (χ4n) is 6.03. The molecule has 2 aromatic carbocycles. The summed E-state index contributed by atoms with van der Waals surface area (Å²) in [5.74, 6) is 0. The van der Waals surface area contributed by atoms with Gasteiger partial charge in [0.2, 0.25) is 0 Å². The number of fused-ring (bicyclic) bond motifs is 7. The molecule has 0 atom stereocenters. The topological polar surface area (TPSA) is 9.86 Å². The van der Waals surface area contributed by atoms with Gasteiger partial charge in [0.05, 0.1) is 11.0 Å². The molecule has 2 heterocycles. The van der Waals surface area contributed by atoms with Crippen molar-refractivity contribution in [3.63, 3.8) is 0 Å². The molecule has 2 nitrogen and oxygen atoms in total. The molecule has 1 aliphatic carbocycles. The molecule has 2 aromatic heterocycles. The summed E-state index contributed by atoms with van der Waals surface area (Å²) in [6, 6.07) is 14.3. The minimum Gasteiger partial charge on any atom is -0.345 e. The van der Waals surface area contributed by atoms with Crippen LogP contribution in [0.4, 0.5) is 0 Å². The van der Waals surface area contributed by atoms with Crippen molar-refractivity contribution >= 4 is 21.8 Å². The third-order valence-corrected chi connectivity index (χ3v) is 7.46. The normalized spacial score (nSPS) is 13.2.